The van der Waals surface area contributed by atoms with Gasteiger partial charge in [0.2, 0.25) is 0 Å². The summed E-state index contributed by atoms with van der Waals surface area (Å²) in [5.74, 6) is -0.554. The molecule has 0 spiro atoms. The Labute approximate surface area is 90.2 Å². The maximum Gasteiger partial charge on any atom is 0.303 e. The molecule has 84 valence electrons. The fourth-order valence-corrected chi connectivity index (χ4v) is 2.18. The zero-order chi connectivity index (χ0) is 11.3. The van der Waals surface area contributed by atoms with Crippen molar-refractivity contribution in [2.24, 2.45) is 11.8 Å². The largest absolute Gasteiger partial charge is 0.481 e. The number of allylic oxidation sites excluding steroid dienone is 2. The van der Waals surface area contributed by atoms with Crippen molar-refractivity contribution in [1.29, 1.82) is 0 Å². The van der Waals surface area contributed by atoms with Gasteiger partial charge in [-0.15, -0.1) is 0 Å². The van der Waals surface area contributed by atoms with Crippen molar-refractivity contribution in [3.63, 3.8) is 0 Å². The Balaban J connectivity index is 2.52. The third kappa shape index (κ3) is 3.50. The van der Waals surface area contributed by atoms with Crippen LogP contribution in [0.4, 0.5) is 0 Å². The molecule has 1 aliphatic carbocycles. The number of carboxylic acid groups (broad SMARTS) is 1. The maximum atomic E-state index is 11.5. The minimum Gasteiger partial charge on any atom is -0.481 e. The Morgan fingerprint density at radius 1 is 1.53 bits per heavy atom. The molecule has 0 bridgehead atoms. The smallest absolute Gasteiger partial charge is 0.303 e. The number of Topliss-reactive ketones (excluding diaryl/α,β-unsaturated/α-hetero) is 1. The van der Waals surface area contributed by atoms with Gasteiger partial charge in [-0.1, -0.05) is 19.1 Å². The van der Waals surface area contributed by atoms with E-state index in [0.717, 1.165) is 12.8 Å². The van der Waals surface area contributed by atoms with Crippen molar-refractivity contribution in [2.75, 3.05) is 0 Å². The molecule has 1 N–H and O–H groups in total. The Morgan fingerprint density at radius 3 is 2.87 bits per heavy atom. The Bertz CT molecular complexity index is 268. The van der Waals surface area contributed by atoms with Crippen molar-refractivity contribution in [3.05, 3.63) is 12.2 Å². The molecule has 0 heterocycles. The average Bonchev–Trinajstić information content (AvgIpc) is 2.49. The number of hydrogen-bond acceptors (Lipinski definition) is 2. The van der Waals surface area contributed by atoms with Gasteiger partial charge in [-0.3, -0.25) is 9.59 Å². The van der Waals surface area contributed by atoms with E-state index in [2.05, 4.69) is 0 Å². The minimum atomic E-state index is -0.792. The van der Waals surface area contributed by atoms with Gasteiger partial charge in [0, 0.05) is 18.8 Å². The van der Waals surface area contributed by atoms with Crippen LogP contribution in [-0.4, -0.2) is 16.9 Å². The van der Waals surface area contributed by atoms with Gasteiger partial charge >= 0.3 is 5.97 Å². The van der Waals surface area contributed by atoms with Crippen LogP contribution in [0.2, 0.25) is 0 Å². The number of carboxylic acids is 1. The van der Waals surface area contributed by atoms with E-state index in [9.17, 15) is 9.59 Å². The minimum absolute atomic E-state index is 0.0519. The van der Waals surface area contributed by atoms with Gasteiger partial charge in [-0.25, -0.2) is 0 Å². The van der Waals surface area contributed by atoms with E-state index in [-0.39, 0.29) is 24.0 Å². The molecule has 0 radical (unpaired) electrons. The highest BCUT2D eigenvalue weighted by molar-refractivity contribution is 5.84. The Hall–Kier alpha value is -1.12. The molecule has 2 atom stereocenters. The first-order valence-corrected chi connectivity index (χ1v) is 5.54. The van der Waals surface area contributed by atoms with Crippen LogP contribution < -0.4 is 0 Å². The molecule has 0 aliphatic heterocycles. The second kappa shape index (κ2) is 5.69. The standard InChI is InChI=1S/C12H18O3/c1-2-3-4-5-10-9(8-12(14)15)6-7-11(10)13/h3-4,9-10H,2,5-8H2,1H3,(H,14,15)/b4-3-/t9-,10-/m0/s1. The first-order valence-electron chi connectivity index (χ1n) is 5.54. The number of aliphatic carboxylic acids is 1. The molecular weight excluding hydrogens is 192 g/mol. The summed E-state index contributed by atoms with van der Waals surface area (Å²) in [6.45, 7) is 2.04. The molecule has 0 aromatic rings. The molecule has 1 rings (SSSR count). The molecule has 0 saturated heterocycles. The third-order valence-electron chi connectivity index (χ3n) is 2.97. The van der Waals surface area contributed by atoms with Crippen LogP contribution >= 0.6 is 0 Å². The number of carbonyl (C=O) groups excluding carboxylic acids is 1. The van der Waals surface area contributed by atoms with Crippen LogP contribution in [0.5, 0.6) is 0 Å². The fraction of sp³-hybridized carbons (Fsp3) is 0.667. The summed E-state index contributed by atoms with van der Waals surface area (Å²) in [6.07, 6.45) is 7.15. The van der Waals surface area contributed by atoms with Crippen LogP contribution in [0.1, 0.15) is 39.0 Å². The Morgan fingerprint density at radius 2 is 2.27 bits per heavy atom. The third-order valence-corrected chi connectivity index (χ3v) is 2.97. The second-order valence-corrected chi connectivity index (χ2v) is 4.08. The molecule has 0 amide bonds. The van der Waals surface area contributed by atoms with Crippen LogP contribution in [0, 0.1) is 11.8 Å². The van der Waals surface area contributed by atoms with E-state index in [0.29, 0.717) is 12.8 Å². The normalized spacial score (nSPS) is 26.3. The Kier molecular flexibility index (Phi) is 4.53. The summed E-state index contributed by atoms with van der Waals surface area (Å²) in [7, 11) is 0. The van der Waals surface area contributed by atoms with E-state index < -0.39 is 5.97 Å². The van der Waals surface area contributed by atoms with E-state index in [1.54, 1.807) is 0 Å². The van der Waals surface area contributed by atoms with Crippen molar-refractivity contribution in [2.45, 2.75) is 39.0 Å². The topological polar surface area (TPSA) is 54.4 Å². The van der Waals surface area contributed by atoms with Crippen LogP contribution in [0.15, 0.2) is 12.2 Å². The molecule has 15 heavy (non-hydrogen) atoms. The monoisotopic (exact) mass is 210 g/mol. The zero-order valence-electron chi connectivity index (χ0n) is 9.11. The van der Waals surface area contributed by atoms with Crippen LogP contribution in [0.3, 0.4) is 0 Å². The second-order valence-electron chi connectivity index (χ2n) is 4.08. The van der Waals surface area contributed by atoms with Gasteiger partial charge < -0.3 is 5.11 Å². The summed E-state index contributed by atoms with van der Waals surface area (Å²) in [5, 5.41) is 8.72. The van der Waals surface area contributed by atoms with Gasteiger partial charge in [0.05, 0.1) is 0 Å². The number of hydrogen-bond donors (Lipinski definition) is 1. The summed E-state index contributed by atoms with van der Waals surface area (Å²) < 4.78 is 0. The molecule has 1 saturated carbocycles. The summed E-state index contributed by atoms with van der Waals surface area (Å²) in [5.41, 5.74) is 0. The molecule has 0 aromatic carbocycles. The molecule has 0 unspecified atom stereocenters. The fourth-order valence-electron chi connectivity index (χ4n) is 2.18. The zero-order valence-corrected chi connectivity index (χ0v) is 9.11. The highest BCUT2D eigenvalue weighted by Gasteiger charge is 2.34. The lowest BCUT2D eigenvalue weighted by Gasteiger charge is -2.14. The van der Waals surface area contributed by atoms with Gasteiger partial charge in [-0.05, 0) is 25.2 Å². The lowest BCUT2D eigenvalue weighted by atomic mass is 9.89. The average molecular weight is 210 g/mol. The predicted octanol–water partition coefficient (Wildman–Crippen LogP) is 2.41. The van der Waals surface area contributed by atoms with Crippen LogP contribution in [0.25, 0.3) is 0 Å². The van der Waals surface area contributed by atoms with Gasteiger partial charge in [0.25, 0.3) is 0 Å². The van der Waals surface area contributed by atoms with Crippen molar-refractivity contribution >= 4 is 11.8 Å². The highest BCUT2D eigenvalue weighted by atomic mass is 16.4. The summed E-state index contributed by atoms with van der Waals surface area (Å²) in [6, 6.07) is 0. The maximum absolute atomic E-state index is 11.5. The molecule has 3 nitrogen and oxygen atoms in total. The van der Waals surface area contributed by atoms with Gasteiger partial charge in [0.15, 0.2) is 0 Å². The highest BCUT2D eigenvalue weighted by Crippen LogP contribution is 2.33. The SMILES string of the molecule is CC/C=C\C[C@@H]1C(=O)CC[C@H]1CC(=O)O. The lowest BCUT2D eigenvalue weighted by Crippen LogP contribution is -2.17. The number of rotatable bonds is 5. The van der Waals surface area contributed by atoms with E-state index in [1.165, 1.54) is 0 Å². The van der Waals surface area contributed by atoms with Crippen LogP contribution in [-0.2, 0) is 9.59 Å². The lowest BCUT2D eigenvalue weighted by molar-refractivity contribution is -0.138. The number of ketones is 1. The quantitative estimate of drug-likeness (QED) is 0.709. The first kappa shape index (κ1) is 12.0. The summed E-state index contributed by atoms with van der Waals surface area (Å²) in [4.78, 5) is 22.1. The van der Waals surface area contributed by atoms with Gasteiger partial charge in [0.1, 0.15) is 5.78 Å². The molecule has 3 heteroatoms. The van der Waals surface area contributed by atoms with Crippen molar-refractivity contribution in [3.8, 4) is 0 Å². The summed E-state index contributed by atoms with van der Waals surface area (Å²) >= 11 is 0. The van der Waals surface area contributed by atoms with E-state index >= 15 is 0 Å². The molecule has 0 aromatic heterocycles. The molecular formula is C12H18O3. The van der Waals surface area contributed by atoms with Crippen molar-refractivity contribution in [1.82, 2.24) is 0 Å². The van der Waals surface area contributed by atoms with E-state index in [1.807, 2.05) is 19.1 Å². The molecule has 1 aliphatic rings. The number of carbonyl (C=O) groups is 2. The molecule has 1 fully saturated rings. The van der Waals surface area contributed by atoms with Crippen molar-refractivity contribution < 1.29 is 14.7 Å². The first-order chi connectivity index (χ1) is 7.15. The van der Waals surface area contributed by atoms with Gasteiger partial charge in [-0.2, -0.15) is 0 Å². The predicted molar refractivity (Wildman–Crippen MR) is 57.5 cm³/mol. The van der Waals surface area contributed by atoms with E-state index in [4.69, 9.17) is 5.11 Å².